The van der Waals surface area contributed by atoms with Gasteiger partial charge < -0.3 is 4.90 Å². The van der Waals surface area contributed by atoms with Gasteiger partial charge in [-0.05, 0) is 19.3 Å². The van der Waals surface area contributed by atoms with Crippen molar-refractivity contribution in [1.82, 2.24) is 0 Å². The van der Waals surface area contributed by atoms with E-state index in [9.17, 15) is 20.2 Å². The van der Waals surface area contributed by atoms with Crippen LogP contribution in [-0.2, 0) is 0 Å². The number of halogens is 1. The van der Waals surface area contributed by atoms with Crippen molar-refractivity contribution in [1.29, 1.82) is 0 Å². The van der Waals surface area contributed by atoms with Crippen molar-refractivity contribution >= 4 is 33.0 Å². The second kappa shape index (κ2) is 5.52. The van der Waals surface area contributed by atoms with Gasteiger partial charge in [-0.1, -0.05) is 15.9 Å². The van der Waals surface area contributed by atoms with Gasteiger partial charge in [-0.15, -0.1) is 0 Å². The molecule has 1 fully saturated rings. The molecule has 0 atom stereocenters. The summed E-state index contributed by atoms with van der Waals surface area (Å²) in [4.78, 5) is 22.9. The van der Waals surface area contributed by atoms with Crippen LogP contribution in [0.5, 0.6) is 0 Å². The molecule has 0 aromatic heterocycles. The van der Waals surface area contributed by atoms with E-state index in [4.69, 9.17) is 0 Å². The zero-order chi connectivity index (χ0) is 14.0. The number of hydrogen-bond acceptors (Lipinski definition) is 5. The molecule has 0 amide bonds. The average molecular weight is 330 g/mol. The fraction of sp³-hybridized carbons (Fsp3) is 0.455. The van der Waals surface area contributed by atoms with Crippen molar-refractivity contribution < 1.29 is 9.85 Å². The Morgan fingerprint density at radius 2 is 1.47 bits per heavy atom. The first-order chi connectivity index (χ1) is 9.00. The fourth-order valence-electron chi connectivity index (χ4n) is 2.29. The van der Waals surface area contributed by atoms with Crippen molar-refractivity contribution in [2.45, 2.75) is 19.3 Å². The molecule has 0 saturated carbocycles. The molecule has 0 radical (unpaired) electrons. The number of nitro groups is 2. The molecule has 7 nitrogen and oxygen atoms in total. The lowest BCUT2D eigenvalue weighted by Crippen LogP contribution is -2.30. The predicted octanol–water partition coefficient (Wildman–Crippen LogP) is 3.26. The third kappa shape index (κ3) is 2.83. The molecule has 102 valence electrons. The Bertz CT molecular complexity index is 494. The third-order valence-corrected chi connectivity index (χ3v) is 3.56. The quantitative estimate of drug-likeness (QED) is 0.627. The van der Waals surface area contributed by atoms with Crippen LogP contribution in [0.3, 0.4) is 0 Å². The fourth-order valence-corrected chi connectivity index (χ4v) is 2.72. The van der Waals surface area contributed by atoms with E-state index in [1.165, 1.54) is 12.1 Å². The third-order valence-electron chi connectivity index (χ3n) is 3.10. The minimum atomic E-state index is -0.568. The van der Waals surface area contributed by atoms with Gasteiger partial charge in [-0.3, -0.25) is 20.2 Å². The Labute approximate surface area is 117 Å². The smallest absolute Gasteiger partial charge is 0.300 e. The van der Waals surface area contributed by atoms with E-state index in [0.29, 0.717) is 17.6 Å². The van der Waals surface area contributed by atoms with E-state index < -0.39 is 9.85 Å². The number of rotatable bonds is 3. The van der Waals surface area contributed by atoms with E-state index in [1.807, 2.05) is 0 Å². The first-order valence-electron chi connectivity index (χ1n) is 5.88. The number of hydrogen-bond donors (Lipinski definition) is 0. The zero-order valence-electron chi connectivity index (χ0n) is 10.0. The van der Waals surface area contributed by atoms with Crippen LogP contribution < -0.4 is 4.90 Å². The maximum absolute atomic E-state index is 11.1. The van der Waals surface area contributed by atoms with Crippen LogP contribution in [0.4, 0.5) is 17.1 Å². The molecule has 1 aliphatic rings. The second-order valence-corrected chi connectivity index (χ2v) is 5.27. The molecule has 1 saturated heterocycles. The number of benzene rings is 1. The first kappa shape index (κ1) is 13.7. The molecule has 1 aromatic rings. The summed E-state index contributed by atoms with van der Waals surface area (Å²) in [6, 6.07) is 2.63. The van der Waals surface area contributed by atoms with E-state index in [0.717, 1.165) is 19.3 Å². The van der Waals surface area contributed by atoms with Gasteiger partial charge in [-0.2, -0.15) is 0 Å². The Morgan fingerprint density at radius 3 is 1.89 bits per heavy atom. The van der Waals surface area contributed by atoms with Gasteiger partial charge >= 0.3 is 11.4 Å². The standard InChI is InChI=1S/C11H12BrN3O4/c12-8-6-9(14(16)17)11(10(7-8)15(18)19)13-4-2-1-3-5-13/h6-7H,1-5H2. The molecule has 0 unspecified atom stereocenters. The highest BCUT2D eigenvalue weighted by Crippen LogP contribution is 2.41. The van der Waals surface area contributed by atoms with Gasteiger partial charge in [0.2, 0.25) is 0 Å². The topological polar surface area (TPSA) is 89.5 Å². The summed E-state index contributed by atoms with van der Waals surface area (Å²) in [5.41, 5.74) is -0.316. The maximum Gasteiger partial charge on any atom is 0.300 e. The van der Waals surface area contributed by atoms with Gasteiger partial charge in [0.1, 0.15) is 0 Å². The summed E-state index contributed by atoms with van der Waals surface area (Å²) in [6.45, 7) is 1.23. The Kier molecular flexibility index (Phi) is 3.98. The minimum absolute atomic E-state index is 0.123. The predicted molar refractivity (Wildman–Crippen MR) is 73.5 cm³/mol. The highest BCUT2D eigenvalue weighted by Gasteiger charge is 2.31. The summed E-state index contributed by atoms with van der Waals surface area (Å²) in [5, 5.41) is 22.3. The van der Waals surface area contributed by atoms with Crippen molar-refractivity contribution in [3.8, 4) is 0 Å². The molecule has 0 aliphatic carbocycles. The number of nitrogens with zero attached hydrogens (tertiary/aromatic N) is 3. The van der Waals surface area contributed by atoms with E-state index in [2.05, 4.69) is 15.9 Å². The van der Waals surface area contributed by atoms with Crippen LogP contribution in [0.15, 0.2) is 16.6 Å². The number of nitro benzene ring substituents is 2. The monoisotopic (exact) mass is 329 g/mol. The maximum atomic E-state index is 11.1. The van der Waals surface area contributed by atoms with Gasteiger partial charge in [0.15, 0.2) is 5.69 Å². The lowest BCUT2D eigenvalue weighted by atomic mass is 10.1. The van der Waals surface area contributed by atoms with Crippen molar-refractivity contribution in [3.63, 3.8) is 0 Å². The second-order valence-electron chi connectivity index (χ2n) is 4.35. The Balaban J connectivity index is 2.59. The zero-order valence-corrected chi connectivity index (χ0v) is 11.6. The number of anilines is 1. The van der Waals surface area contributed by atoms with Crippen molar-refractivity contribution in [2.24, 2.45) is 0 Å². The molecule has 19 heavy (non-hydrogen) atoms. The summed E-state index contributed by atoms with van der Waals surface area (Å²) < 4.78 is 0.339. The molecule has 8 heteroatoms. The molecule has 0 bridgehead atoms. The van der Waals surface area contributed by atoms with Crippen LogP contribution in [0, 0.1) is 20.2 Å². The van der Waals surface area contributed by atoms with E-state index in [-0.39, 0.29) is 17.1 Å². The van der Waals surface area contributed by atoms with Crippen molar-refractivity contribution in [2.75, 3.05) is 18.0 Å². The lowest BCUT2D eigenvalue weighted by Gasteiger charge is -2.27. The first-order valence-corrected chi connectivity index (χ1v) is 6.67. The SMILES string of the molecule is O=[N+]([O-])c1cc(Br)cc([N+](=O)[O-])c1N1CCCCC1. The van der Waals surface area contributed by atoms with Crippen LogP contribution in [0.25, 0.3) is 0 Å². The lowest BCUT2D eigenvalue weighted by molar-refractivity contribution is -0.392. The highest BCUT2D eigenvalue weighted by molar-refractivity contribution is 9.10. The van der Waals surface area contributed by atoms with Crippen molar-refractivity contribution in [3.05, 3.63) is 36.8 Å². The molecular formula is C11H12BrN3O4. The van der Waals surface area contributed by atoms with Gasteiger partial charge in [0.25, 0.3) is 0 Å². The number of piperidine rings is 1. The van der Waals surface area contributed by atoms with Crippen LogP contribution >= 0.6 is 15.9 Å². The summed E-state index contributed by atoms with van der Waals surface area (Å²) >= 11 is 3.08. The molecular weight excluding hydrogens is 318 g/mol. The minimum Gasteiger partial charge on any atom is -0.360 e. The van der Waals surface area contributed by atoms with Crippen LogP contribution in [0.2, 0.25) is 0 Å². The summed E-state index contributed by atoms with van der Waals surface area (Å²) in [6.07, 6.45) is 2.84. The Hall–Kier alpha value is -1.70. The summed E-state index contributed by atoms with van der Waals surface area (Å²) in [7, 11) is 0. The summed E-state index contributed by atoms with van der Waals surface area (Å²) in [5.74, 6) is 0. The average Bonchev–Trinajstić information content (AvgIpc) is 2.38. The molecule has 0 N–H and O–H groups in total. The normalized spacial score (nSPS) is 15.3. The van der Waals surface area contributed by atoms with Gasteiger partial charge in [0, 0.05) is 29.7 Å². The molecule has 1 heterocycles. The van der Waals surface area contributed by atoms with Crippen LogP contribution in [0.1, 0.15) is 19.3 Å². The largest absolute Gasteiger partial charge is 0.360 e. The molecule has 1 aliphatic heterocycles. The van der Waals surface area contributed by atoms with Crippen LogP contribution in [-0.4, -0.2) is 22.9 Å². The van der Waals surface area contributed by atoms with E-state index >= 15 is 0 Å². The highest BCUT2D eigenvalue weighted by atomic mass is 79.9. The van der Waals surface area contributed by atoms with E-state index in [1.54, 1.807) is 4.90 Å². The molecule has 2 rings (SSSR count). The molecule has 1 aromatic carbocycles. The van der Waals surface area contributed by atoms with Gasteiger partial charge in [0.05, 0.1) is 9.85 Å². The van der Waals surface area contributed by atoms with Gasteiger partial charge in [-0.25, -0.2) is 0 Å². The Morgan fingerprint density at radius 1 is 1.00 bits per heavy atom. The molecule has 0 spiro atoms.